The standard InChI is InChI=1S/C16H17NO4S/c1-3-12-8-10-13(11-9-12)22(20,21)17(2)15-7-5-4-6-14(15)16(18)19/h4-11H,3H2,1-2H3,(H,18,19). The van der Waals surface area contributed by atoms with Crippen LogP contribution in [0.1, 0.15) is 22.8 Å². The molecule has 0 amide bonds. The minimum absolute atomic E-state index is 0.0567. The van der Waals surface area contributed by atoms with E-state index in [9.17, 15) is 18.3 Å². The first-order chi connectivity index (χ1) is 10.4. The van der Waals surface area contributed by atoms with Crippen molar-refractivity contribution < 1.29 is 18.3 Å². The lowest BCUT2D eigenvalue weighted by Crippen LogP contribution is -2.28. The molecule has 0 bridgehead atoms. The molecule has 0 spiro atoms. The van der Waals surface area contributed by atoms with Gasteiger partial charge in [-0.15, -0.1) is 0 Å². The topological polar surface area (TPSA) is 74.7 Å². The molecular formula is C16H17NO4S. The molecule has 0 aromatic heterocycles. The van der Waals surface area contributed by atoms with Crippen molar-refractivity contribution >= 4 is 21.7 Å². The molecule has 0 unspecified atom stereocenters. The van der Waals surface area contributed by atoms with E-state index in [0.29, 0.717) is 0 Å². The number of para-hydroxylation sites is 1. The fourth-order valence-electron chi connectivity index (χ4n) is 2.11. The second kappa shape index (κ2) is 6.19. The predicted molar refractivity (Wildman–Crippen MR) is 84.8 cm³/mol. The Morgan fingerprint density at radius 3 is 2.23 bits per heavy atom. The highest BCUT2D eigenvalue weighted by atomic mass is 32.2. The zero-order chi connectivity index (χ0) is 16.3. The number of carboxylic acid groups (broad SMARTS) is 1. The number of hydrogen-bond donors (Lipinski definition) is 1. The number of nitrogens with zero attached hydrogens (tertiary/aromatic N) is 1. The number of aromatic carboxylic acids is 1. The van der Waals surface area contributed by atoms with Gasteiger partial charge in [0, 0.05) is 7.05 Å². The molecule has 2 aromatic rings. The van der Waals surface area contributed by atoms with Gasteiger partial charge in [-0.3, -0.25) is 4.31 Å². The molecule has 2 aromatic carbocycles. The molecule has 0 saturated carbocycles. The third-order valence-electron chi connectivity index (χ3n) is 3.46. The third kappa shape index (κ3) is 2.96. The largest absolute Gasteiger partial charge is 0.478 e. The van der Waals surface area contributed by atoms with Crippen LogP contribution < -0.4 is 4.31 Å². The van der Waals surface area contributed by atoms with Crippen molar-refractivity contribution in [2.75, 3.05) is 11.4 Å². The molecule has 1 N–H and O–H groups in total. The summed E-state index contributed by atoms with van der Waals surface area (Å²) in [5.41, 5.74) is 1.11. The van der Waals surface area contributed by atoms with Crippen molar-refractivity contribution in [3.63, 3.8) is 0 Å². The summed E-state index contributed by atoms with van der Waals surface area (Å²) < 4.78 is 26.3. The zero-order valence-electron chi connectivity index (χ0n) is 12.4. The van der Waals surface area contributed by atoms with E-state index in [4.69, 9.17) is 0 Å². The predicted octanol–water partition coefficient (Wildman–Crippen LogP) is 2.77. The molecule has 116 valence electrons. The molecule has 0 fully saturated rings. The molecule has 0 radical (unpaired) electrons. The number of carboxylic acids is 1. The van der Waals surface area contributed by atoms with Crippen LogP contribution in [0.3, 0.4) is 0 Å². The lowest BCUT2D eigenvalue weighted by Gasteiger charge is -2.21. The van der Waals surface area contributed by atoms with Crippen LogP contribution in [0.25, 0.3) is 0 Å². The summed E-state index contributed by atoms with van der Waals surface area (Å²) in [7, 11) is -2.45. The van der Waals surface area contributed by atoms with Crippen LogP contribution in [0.2, 0.25) is 0 Å². The lowest BCUT2D eigenvalue weighted by atomic mass is 10.2. The van der Waals surface area contributed by atoms with Crippen LogP contribution >= 0.6 is 0 Å². The molecule has 0 atom stereocenters. The van der Waals surface area contributed by atoms with E-state index >= 15 is 0 Å². The second-order valence-corrected chi connectivity index (χ2v) is 6.76. The molecular weight excluding hydrogens is 302 g/mol. The van der Waals surface area contributed by atoms with Crippen molar-refractivity contribution in [1.82, 2.24) is 0 Å². The smallest absolute Gasteiger partial charge is 0.337 e. The first kappa shape index (κ1) is 16.0. The Bertz CT molecular complexity index is 782. The maximum absolute atomic E-state index is 12.6. The maximum atomic E-state index is 12.6. The summed E-state index contributed by atoms with van der Waals surface area (Å²) in [5, 5.41) is 9.20. The Balaban J connectivity index is 2.47. The van der Waals surface area contributed by atoms with E-state index in [1.807, 2.05) is 6.92 Å². The maximum Gasteiger partial charge on any atom is 0.337 e. The molecule has 2 rings (SSSR count). The number of sulfonamides is 1. The fourth-order valence-corrected chi connectivity index (χ4v) is 3.33. The molecule has 0 aliphatic carbocycles. The van der Waals surface area contributed by atoms with Gasteiger partial charge in [0.15, 0.2) is 0 Å². The van der Waals surface area contributed by atoms with E-state index < -0.39 is 16.0 Å². The third-order valence-corrected chi connectivity index (χ3v) is 5.25. The zero-order valence-corrected chi connectivity index (χ0v) is 13.2. The van der Waals surface area contributed by atoms with Gasteiger partial charge in [-0.05, 0) is 36.2 Å². The van der Waals surface area contributed by atoms with E-state index in [2.05, 4.69) is 0 Å². The number of anilines is 1. The Labute approximate surface area is 129 Å². The molecule has 0 aliphatic heterocycles. The summed E-state index contributed by atoms with van der Waals surface area (Å²) in [4.78, 5) is 11.4. The highest BCUT2D eigenvalue weighted by Gasteiger charge is 2.24. The number of rotatable bonds is 5. The Morgan fingerprint density at radius 2 is 1.68 bits per heavy atom. The normalized spacial score (nSPS) is 11.2. The Kier molecular flexibility index (Phi) is 4.51. The van der Waals surface area contributed by atoms with Crippen LogP contribution in [0.5, 0.6) is 0 Å². The van der Waals surface area contributed by atoms with E-state index in [1.54, 1.807) is 24.3 Å². The summed E-state index contributed by atoms with van der Waals surface area (Å²) in [6, 6.07) is 12.6. The van der Waals surface area contributed by atoms with Gasteiger partial charge in [-0.25, -0.2) is 13.2 Å². The number of benzene rings is 2. The van der Waals surface area contributed by atoms with Gasteiger partial charge in [0.1, 0.15) is 0 Å². The average molecular weight is 319 g/mol. The van der Waals surface area contributed by atoms with Crippen molar-refractivity contribution in [3.05, 3.63) is 59.7 Å². The summed E-state index contributed by atoms with van der Waals surface area (Å²) >= 11 is 0. The van der Waals surface area contributed by atoms with Crippen LogP contribution in [0.4, 0.5) is 5.69 Å². The van der Waals surface area contributed by atoms with Crippen molar-refractivity contribution in [3.8, 4) is 0 Å². The first-order valence-electron chi connectivity index (χ1n) is 6.78. The average Bonchev–Trinajstić information content (AvgIpc) is 2.54. The minimum Gasteiger partial charge on any atom is -0.478 e. The van der Waals surface area contributed by atoms with Crippen molar-refractivity contribution in [1.29, 1.82) is 0 Å². The van der Waals surface area contributed by atoms with Gasteiger partial charge in [0.2, 0.25) is 0 Å². The van der Waals surface area contributed by atoms with Gasteiger partial charge in [0.25, 0.3) is 10.0 Å². The molecule has 0 aliphatic rings. The van der Waals surface area contributed by atoms with Gasteiger partial charge >= 0.3 is 5.97 Å². The molecule has 5 nitrogen and oxygen atoms in total. The van der Waals surface area contributed by atoms with Crippen molar-refractivity contribution in [2.24, 2.45) is 0 Å². The SMILES string of the molecule is CCc1ccc(S(=O)(=O)N(C)c2ccccc2C(=O)O)cc1. The summed E-state index contributed by atoms with van der Waals surface area (Å²) in [5.74, 6) is -1.17. The summed E-state index contributed by atoms with van der Waals surface area (Å²) in [6.45, 7) is 1.98. The van der Waals surface area contributed by atoms with Crippen LogP contribution in [0, 0.1) is 0 Å². The quantitative estimate of drug-likeness (QED) is 0.919. The molecule has 22 heavy (non-hydrogen) atoms. The van der Waals surface area contributed by atoms with Crippen LogP contribution in [0.15, 0.2) is 53.4 Å². The lowest BCUT2D eigenvalue weighted by molar-refractivity contribution is 0.0698. The number of carbonyl (C=O) groups is 1. The molecule has 0 saturated heterocycles. The minimum atomic E-state index is -3.80. The fraction of sp³-hybridized carbons (Fsp3) is 0.188. The van der Waals surface area contributed by atoms with Gasteiger partial charge in [-0.1, -0.05) is 31.2 Å². The van der Waals surface area contributed by atoms with Crippen molar-refractivity contribution in [2.45, 2.75) is 18.2 Å². The van der Waals surface area contributed by atoms with Crippen LogP contribution in [-0.4, -0.2) is 26.5 Å². The number of aryl methyl sites for hydroxylation is 1. The highest BCUT2D eigenvalue weighted by Crippen LogP contribution is 2.25. The van der Waals surface area contributed by atoms with Gasteiger partial charge in [0.05, 0.1) is 16.1 Å². The van der Waals surface area contributed by atoms with E-state index in [-0.39, 0.29) is 16.1 Å². The number of hydrogen-bond acceptors (Lipinski definition) is 3. The first-order valence-corrected chi connectivity index (χ1v) is 8.22. The summed E-state index contributed by atoms with van der Waals surface area (Å²) in [6.07, 6.45) is 0.817. The molecule has 6 heteroatoms. The Hall–Kier alpha value is -2.34. The van der Waals surface area contributed by atoms with Gasteiger partial charge < -0.3 is 5.11 Å². The Morgan fingerprint density at radius 1 is 1.09 bits per heavy atom. The monoisotopic (exact) mass is 319 g/mol. The van der Waals surface area contributed by atoms with E-state index in [1.165, 1.54) is 31.3 Å². The van der Waals surface area contributed by atoms with E-state index in [0.717, 1.165) is 16.3 Å². The highest BCUT2D eigenvalue weighted by molar-refractivity contribution is 7.92. The second-order valence-electron chi connectivity index (χ2n) is 4.79. The van der Waals surface area contributed by atoms with Crippen LogP contribution in [-0.2, 0) is 16.4 Å². The van der Waals surface area contributed by atoms with Gasteiger partial charge in [-0.2, -0.15) is 0 Å². The molecule has 0 heterocycles.